The molecule has 2 N–H and O–H groups in total. The summed E-state index contributed by atoms with van der Waals surface area (Å²) in [5, 5.41) is 12.6. The number of aliphatic hydroxyl groups excluding tert-OH is 1. The Bertz CT molecular complexity index is 400. The zero-order valence-electron chi connectivity index (χ0n) is 10.7. The average Bonchev–Trinajstić information content (AvgIpc) is 2.38. The monoisotopic (exact) mass is 253 g/mol. The minimum Gasteiger partial charge on any atom is -0.393 e. The zero-order valence-corrected chi connectivity index (χ0v) is 10.7. The van der Waals surface area contributed by atoms with E-state index in [4.69, 9.17) is 0 Å². The molecule has 0 radical (unpaired) electrons. The Balaban J connectivity index is 1.93. The van der Waals surface area contributed by atoms with Crippen LogP contribution in [0.1, 0.15) is 38.3 Å². The van der Waals surface area contributed by atoms with Gasteiger partial charge in [-0.05, 0) is 31.6 Å². The van der Waals surface area contributed by atoms with Gasteiger partial charge in [0, 0.05) is 6.54 Å². The molecule has 1 aromatic heterocycles. The lowest BCUT2D eigenvalue weighted by Crippen LogP contribution is -2.25. The lowest BCUT2D eigenvalue weighted by atomic mass is 9.87. The highest BCUT2D eigenvalue weighted by atomic mass is 19.1. The number of nitrogens with zero attached hydrogens (tertiary/aromatic N) is 2. The highest BCUT2D eigenvalue weighted by Crippen LogP contribution is 2.24. The molecule has 0 aromatic carbocycles. The number of aliphatic hydroxyl groups is 1. The minimum atomic E-state index is -0.351. The summed E-state index contributed by atoms with van der Waals surface area (Å²) in [6, 6.07) is 0. The molecule has 2 rings (SSSR count). The average molecular weight is 253 g/mol. The van der Waals surface area contributed by atoms with E-state index in [2.05, 4.69) is 15.3 Å². The van der Waals surface area contributed by atoms with Crippen LogP contribution in [0.4, 0.5) is 10.2 Å². The van der Waals surface area contributed by atoms with Crippen molar-refractivity contribution in [2.75, 3.05) is 11.9 Å². The van der Waals surface area contributed by atoms with Gasteiger partial charge in [-0.3, -0.25) is 0 Å². The highest BCUT2D eigenvalue weighted by molar-refractivity contribution is 5.37. The van der Waals surface area contributed by atoms with Crippen molar-refractivity contribution >= 4 is 5.82 Å². The molecule has 1 aliphatic carbocycles. The van der Waals surface area contributed by atoms with Crippen molar-refractivity contribution in [3.63, 3.8) is 0 Å². The number of aromatic nitrogens is 2. The fourth-order valence-electron chi connectivity index (χ4n) is 2.47. The predicted octanol–water partition coefficient (Wildman–Crippen LogP) is 2.14. The van der Waals surface area contributed by atoms with Gasteiger partial charge in [0.1, 0.15) is 6.33 Å². The van der Waals surface area contributed by atoms with Crippen molar-refractivity contribution in [1.29, 1.82) is 0 Å². The summed E-state index contributed by atoms with van der Waals surface area (Å²) < 4.78 is 13.9. The normalized spacial score (nSPS) is 23.9. The van der Waals surface area contributed by atoms with Crippen LogP contribution in [0.3, 0.4) is 0 Å². The van der Waals surface area contributed by atoms with Gasteiger partial charge in [-0.2, -0.15) is 0 Å². The van der Waals surface area contributed by atoms with Crippen LogP contribution in [0, 0.1) is 11.7 Å². The van der Waals surface area contributed by atoms with Gasteiger partial charge in [0.15, 0.2) is 11.6 Å². The van der Waals surface area contributed by atoms with E-state index >= 15 is 0 Å². The van der Waals surface area contributed by atoms with Crippen LogP contribution in [0.2, 0.25) is 0 Å². The van der Waals surface area contributed by atoms with Gasteiger partial charge >= 0.3 is 0 Å². The number of hydrogen-bond acceptors (Lipinski definition) is 4. The Morgan fingerprint density at radius 1 is 1.44 bits per heavy atom. The number of rotatable bonds is 4. The van der Waals surface area contributed by atoms with Crippen molar-refractivity contribution in [3.8, 4) is 0 Å². The molecule has 100 valence electrons. The van der Waals surface area contributed by atoms with Crippen LogP contribution in [-0.4, -0.2) is 27.7 Å². The third-order valence-corrected chi connectivity index (χ3v) is 3.51. The molecule has 2 atom stereocenters. The topological polar surface area (TPSA) is 58.0 Å². The molecule has 1 fully saturated rings. The fraction of sp³-hybridized carbons (Fsp3) is 0.692. The van der Waals surface area contributed by atoms with Crippen LogP contribution in [-0.2, 0) is 6.42 Å². The second kappa shape index (κ2) is 6.09. The molecule has 1 aliphatic rings. The van der Waals surface area contributed by atoms with Gasteiger partial charge in [-0.15, -0.1) is 0 Å². The predicted molar refractivity (Wildman–Crippen MR) is 67.8 cm³/mol. The molecule has 0 saturated heterocycles. The van der Waals surface area contributed by atoms with Crippen LogP contribution in [0.15, 0.2) is 6.33 Å². The summed E-state index contributed by atoms with van der Waals surface area (Å²) in [4.78, 5) is 7.83. The van der Waals surface area contributed by atoms with Crippen molar-refractivity contribution in [2.24, 2.45) is 5.92 Å². The van der Waals surface area contributed by atoms with Gasteiger partial charge in [-0.1, -0.05) is 13.3 Å². The maximum atomic E-state index is 13.9. The van der Waals surface area contributed by atoms with Crippen molar-refractivity contribution < 1.29 is 9.50 Å². The van der Waals surface area contributed by atoms with E-state index < -0.39 is 0 Å². The molecule has 4 nitrogen and oxygen atoms in total. The first-order valence-corrected chi connectivity index (χ1v) is 6.62. The van der Waals surface area contributed by atoms with Crippen LogP contribution < -0.4 is 5.32 Å². The second-order valence-corrected chi connectivity index (χ2v) is 4.90. The van der Waals surface area contributed by atoms with Crippen molar-refractivity contribution in [1.82, 2.24) is 9.97 Å². The van der Waals surface area contributed by atoms with E-state index in [1.165, 1.54) is 6.33 Å². The maximum Gasteiger partial charge on any atom is 0.186 e. The summed E-state index contributed by atoms with van der Waals surface area (Å²) in [7, 11) is 0. The van der Waals surface area contributed by atoms with Crippen LogP contribution >= 0.6 is 0 Å². The lowest BCUT2D eigenvalue weighted by molar-refractivity contribution is 0.104. The van der Waals surface area contributed by atoms with E-state index in [9.17, 15) is 9.50 Å². The first-order valence-electron chi connectivity index (χ1n) is 6.62. The minimum absolute atomic E-state index is 0.202. The van der Waals surface area contributed by atoms with Gasteiger partial charge < -0.3 is 10.4 Å². The highest BCUT2D eigenvalue weighted by Gasteiger charge is 2.20. The number of nitrogens with one attached hydrogen (secondary N) is 1. The van der Waals surface area contributed by atoms with Crippen molar-refractivity contribution in [2.45, 2.75) is 45.1 Å². The first kappa shape index (κ1) is 13.2. The molecule has 18 heavy (non-hydrogen) atoms. The molecule has 0 bridgehead atoms. The molecular formula is C13H20FN3O. The number of hydrogen-bond donors (Lipinski definition) is 2. The van der Waals surface area contributed by atoms with E-state index in [1.54, 1.807) is 0 Å². The molecule has 2 unspecified atom stereocenters. The molecule has 1 heterocycles. The Hall–Kier alpha value is -1.23. The summed E-state index contributed by atoms with van der Waals surface area (Å²) in [5.74, 6) is 0.325. The van der Waals surface area contributed by atoms with Crippen LogP contribution in [0.25, 0.3) is 0 Å². The molecule has 1 saturated carbocycles. The Morgan fingerprint density at radius 2 is 2.28 bits per heavy atom. The van der Waals surface area contributed by atoms with Crippen LogP contribution in [0.5, 0.6) is 0 Å². The van der Waals surface area contributed by atoms with Gasteiger partial charge in [0.05, 0.1) is 11.8 Å². The first-order chi connectivity index (χ1) is 8.70. The summed E-state index contributed by atoms with van der Waals surface area (Å²) in [5.41, 5.74) is 0.441. The van der Waals surface area contributed by atoms with E-state index in [1.807, 2.05) is 6.92 Å². The third kappa shape index (κ3) is 3.16. The van der Waals surface area contributed by atoms with Gasteiger partial charge in [0.2, 0.25) is 0 Å². The fourth-order valence-corrected chi connectivity index (χ4v) is 2.47. The zero-order chi connectivity index (χ0) is 13.0. The van der Waals surface area contributed by atoms with E-state index in [0.29, 0.717) is 24.6 Å². The summed E-state index contributed by atoms with van der Waals surface area (Å²) in [6.07, 6.45) is 5.55. The van der Waals surface area contributed by atoms with Gasteiger partial charge in [-0.25, -0.2) is 14.4 Å². The molecule has 1 aromatic rings. The molecule has 0 amide bonds. The Morgan fingerprint density at radius 3 is 3.00 bits per heavy atom. The van der Waals surface area contributed by atoms with E-state index in [0.717, 1.165) is 25.7 Å². The standard InChI is InChI=1S/C13H20FN3O/c1-2-11-12(14)13(17-8-16-11)15-7-9-4-3-5-10(18)6-9/h8-10,18H,2-7H2,1H3,(H,15,16,17). The maximum absolute atomic E-state index is 13.9. The smallest absolute Gasteiger partial charge is 0.186 e. The lowest BCUT2D eigenvalue weighted by Gasteiger charge is -2.26. The molecule has 0 spiro atoms. The Kier molecular flexibility index (Phi) is 4.47. The third-order valence-electron chi connectivity index (χ3n) is 3.51. The largest absolute Gasteiger partial charge is 0.393 e. The Labute approximate surface area is 107 Å². The second-order valence-electron chi connectivity index (χ2n) is 4.90. The van der Waals surface area contributed by atoms with Crippen molar-refractivity contribution in [3.05, 3.63) is 17.8 Å². The van der Waals surface area contributed by atoms with Gasteiger partial charge in [0.25, 0.3) is 0 Å². The summed E-state index contributed by atoms with van der Waals surface area (Å²) in [6.45, 7) is 2.53. The summed E-state index contributed by atoms with van der Waals surface area (Å²) >= 11 is 0. The number of aryl methyl sites for hydroxylation is 1. The molecule has 0 aliphatic heterocycles. The quantitative estimate of drug-likeness (QED) is 0.863. The number of anilines is 1. The molecular weight excluding hydrogens is 233 g/mol. The SMILES string of the molecule is CCc1ncnc(NCC2CCCC(O)C2)c1F. The molecule has 5 heteroatoms. The van der Waals surface area contributed by atoms with E-state index in [-0.39, 0.29) is 17.7 Å². The number of halogens is 1.